The first-order valence-corrected chi connectivity index (χ1v) is 5.05. The molecule has 0 saturated heterocycles. The highest BCUT2D eigenvalue weighted by Gasteiger charge is 2.05. The zero-order valence-corrected chi connectivity index (χ0v) is 9.34. The molecule has 0 atom stereocenters. The molecule has 72 valence electrons. The SMILES string of the molecule is Nc1c(I)cnn1-c1ccc(O)cc1. The molecule has 0 aliphatic heterocycles. The molecule has 2 aromatic rings. The molecule has 5 heteroatoms. The Hall–Kier alpha value is -1.24. The van der Waals surface area contributed by atoms with E-state index >= 15 is 0 Å². The number of halogens is 1. The van der Waals surface area contributed by atoms with E-state index in [1.807, 2.05) is 0 Å². The summed E-state index contributed by atoms with van der Waals surface area (Å²) >= 11 is 2.12. The summed E-state index contributed by atoms with van der Waals surface area (Å²) in [6.07, 6.45) is 1.70. The van der Waals surface area contributed by atoms with Gasteiger partial charge in [-0.15, -0.1) is 0 Å². The second-order valence-electron chi connectivity index (χ2n) is 2.81. The van der Waals surface area contributed by atoms with Crippen LogP contribution < -0.4 is 5.73 Å². The van der Waals surface area contributed by atoms with Gasteiger partial charge in [-0.1, -0.05) is 0 Å². The van der Waals surface area contributed by atoms with E-state index < -0.39 is 0 Å². The van der Waals surface area contributed by atoms with Gasteiger partial charge in [0.1, 0.15) is 11.6 Å². The van der Waals surface area contributed by atoms with Gasteiger partial charge in [-0.2, -0.15) is 5.10 Å². The Bertz CT molecular complexity index is 450. The highest BCUT2D eigenvalue weighted by Crippen LogP contribution is 2.19. The number of phenolic OH excluding ortho intramolecular Hbond substituents is 1. The zero-order valence-electron chi connectivity index (χ0n) is 7.18. The molecule has 3 N–H and O–H groups in total. The van der Waals surface area contributed by atoms with Crippen LogP contribution in [0.5, 0.6) is 5.75 Å². The molecule has 14 heavy (non-hydrogen) atoms. The third-order valence-corrected chi connectivity index (χ3v) is 2.68. The number of nitrogens with two attached hydrogens (primary N) is 1. The number of hydrogen-bond acceptors (Lipinski definition) is 3. The van der Waals surface area contributed by atoms with Gasteiger partial charge in [-0.25, -0.2) is 4.68 Å². The summed E-state index contributed by atoms with van der Waals surface area (Å²) in [4.78, 5) is 0. The summed E-state index contributed by atoms with van der Waals surface area (Å²) in [7, 11) is 0. The average molecular weight is 301 g/mol. The van der Waals surface area contributed by atoms with Crippen molar-refractivity contribution in [2.45, 2.75) is 0 Å². The van der Waals surface area contributed by atoms with E-state index in [-0.39, 0.29) is 5.75 Å². The van der Waals surface area contributed by atoms with Crippen LogP contribution in [0.3, 0.4) is 0 Å². The highest BCUT2D eigenvalue weighted by molar-refractivity contribution is 14.1. The highest BCUT2D eigenvalue weighted by atomic mass is 127. The van der Waals surface area contributed by atoms with Crippen LogP contribution >= 0.6 is 22.6 Å². The van der Waals surface area contributed by atoms with Gasteiger partial charge >= 0.3 is 0 Å². The summed E-state index contributed by atoms with van der Waals surface area (Å²) in [6, 6.07) is 6.72. The third-order valence-electron chi connectivity index (χ3n) is 1.85. The number of nitrogens with zero attached hydrogens (tertiary/aromatic N) is 2. The Morgan fingerprint density at radius 3 is 2.43 bits per heavy atom. The van der Waals surface area contributed by atoms with E-state index in [0.717, 1.165) is 9.26 Å². The van der Waals surface area contributed by atoms with E-state index in [0.29, 0.717) is 5.82 Å². The van der Waals surface area contributed by atoms with Gasteiger partial charge < -0.3 is 10.8 Å². The Morgan fingerprint density at radius 1 is 1.29 bits per heavy atom. The molecule has 0 aliphatic carbocycles. The lowest BCUT2D eigenvalue weighted by molar-refractivity contribution is 0.475. The molecule has 1 heterocycles. The minimum Gasteiger partial charge on any atom is -0.508 e. The van der Waals surface area contributed by atoms with E-state index in [9.17, 15) is 0 Å². The average Bonchev–Trinajstić information content (AvgIpc) is 2.50. The molecule has 0 aliphatic rings. The lowest BCUT2D eigenvalue weighted by Gasteiger charge is -2.03. The van der Waals surface area contributed by atoms with Crippen LogP contribution in [0.1, 0.15) is 0 Å². The fourth-order valence-electron chi connectivity index (χ4n) is 1.14. The first kappa shape index (κ1) is 9.32. The summed E-state index contributed by atoms with van der Waals surface area (Å²) in [5.41, 5.74) is 6.64. The molecule has 0 unspecified atom stereocenters. The Morgan fingerprint density at radius 2 is 1.93 bits per heavy atom. The van der Waals surface area contributed by atoms with Crippen molar-refractivity contribution < 1.29 is 5.11 Å². The molecule has 0 saturated carbocycles. The maximum absolute atomic E-state index is 9.12. The number of benzene rings is 1. The maximum atomic E-state index is 9.12. The van der Waals surface area contributed by atoms with Crippen LogP contribution in [0.4, 0.5) is 5.82 Å². The van der Waals surface area contributed by atoms with Gasteiger partial charge in [0.2, 0.25) is 0 Å². The number of nitrogen functional groups attached to an aromatic ring is 1. The standard InChI is InChI=1S/C9H8IN3O/c10-8-5-12-13(9(8)11)6-1-3-7(14)4-2-6/h1-5,14H,11H2. The lowest BCUT2D eigenvalue weighted by atomic mass is 10.3. The summed E-state index contributed by atoms with van der Waals surface area (Å²) in [5.74, 6) is 0.838. The predicted molar refractivity (Wildman–Crippen MR) is 62.4 cm³/mol. The lowest BCUT2D eigenvalue weighted by Crippen LogP contribution is -2.01. The van der Waals surface area contributed by atoms with E-state index in [4.69, 9.17) is 10.8 Å². The molecule has 1 aromatic heterocycles. The predicted octanol–water partition coefficient (Wildman–Crippen LogP) is 1.76. The third kappa shape index (κ3) is 1.54. The van der Waals surface area contributed by atoms with E-state index in [1.54, 1.807) is 35.1 Å². The largest absolute Gasteiger partial charge is 0.508 e. The molecule has 0 bridgehead atoms. The zero-order chi connectivity index (χ0) is 10.1. The van der Waals surface area contributed by atoms with Crippen LogP contribution in [-0.2, 0) is 0 Å². The van der Waals surface area contributed by atoms with Crippen molar-refractivity contribution >= 4 is 28.4 Å². The fourth-order valence-corrected chi connectivity index (χ4v) is 1.49. The van der Waals surface area contributed by atoms with Gasteiger partial charge in [-0.3, -0.25) is 0 Å². The number of aromatic nitrogens is 2. The second-order valence-corrected chi connectivity index (χ2v) is 3.97. The number of rotatable bonds is 1. The van der Waals surface area contributed by atoms with Crippen molar-refractivity contribution in [3.8, 4) is 11.4 Å². The van der Waals surface area contributed by atoms with Crippen molar-refractivity contribution in [2.75, 3.05) is 5.73 Å². The van der Waals surface area contributed by atoms with Gasteiger partial charge in [0, 0.05) is 0 Å². The summed E-state index contributed by atoms with van der Waals surface area (Å²) in [6.45, 7) is 0. The van der Waals surface area contributed by atoms with Gasteiger partial charge in [0.15, 0.2) is 0 Å². The first-order chi connectivity index (χ1) is 6.68. The number of phenols is 1. The van der Waals surface area contributed by atoms with Crippen molar-refractivity contribution in [2.24, 2.45) is 0 Å². The molecular weight excluding hydrogens is 293 g/mol. The van der Waals surface area contributed by atoms with Gasteiger partial charge in [0.25, 0.3) is 0 Å². The normalized spacial score (nSPS) is 10.4. The Balaban J connectivity index is 2.49. The minimum atomic E-state index is 0.231. The topological polar surface area (TPSA) is 64.1 Å². The quantitative estimate of drug-likeness (QED) is 0.789. The molecule has 2 rings (SSSR count). The van der Waals surface area contributed by atoms with E-state index in [2.05, 4.69) is 27.7 Å². The van der Waals surface area contributed by atoms with Crippen molar-refractivity contribution in [3.63, 3.8) is 0 Å². The Kier molecular flexibility index (Phi) is 2.32. The van der Waals surface area contributed by atoms with E-state index in [1.165, 1.54) is 0 Å². The number of anilines is 1. The van der Waals surface area contributed by atoms with Crippen LogP contribution in [0, 0.1) is 3.57 Å². The molecule has 1 aromatic carbocycles. The molecule has 0 fully saturated rings. The minimum absolute atomic E-state index is 0.231. The second kappa shape index (κ2) is 3.49. The van der Waals surface area contributed by atoms with Crippen molar-refractivity contribution in [1.82, 2.24) is 9.78 Å². The molecule has 0 spiro atoms. The van der Waals surface area contributed by atoms with Gasteiger partial charge in [-0.05, 0) is 46.9 Å². The van der Waals surface area contributed by atoms with Gasteiger partial charge in [0.05, 0.1) is 15.5 Å². The first-order valence-electron chi connectivity index (χ1n) is 3.97. The number of aromatic hydroxyl groups is 1. The summed E-state index contributed by atoms with van der Waals surface area (Å²) in [5, 5.41) is 13.2. The molecule has 0 radical (unpaired) electrons. The maximum Gasteiger partial charge on any atom is 0.140 e. The van der Waals surface area contributed by atoms with Crippen LogP contribution in [0.15, 0.2) is 30.5 Å². The number of hydrogen-bond donors (Lipinski definition) is 2. The smallest absolute Gasteiger partial charge is 0.140 e. The summed E-state index contributed by atoms with van der Waals surface area (Å²) < 4.78 is 2.54. The van der Waals surface area contributed by atoms with Crippen LogP contribution in [0.25, 0.3) is 5.69 Å². The monoisotopic (exact) mass is 301 g/mol. The van der Waals surface area contributed by atoms with Crippen LogP contribution in [-0.4, -0.2) is 14.9 Å². The van der Waals surface area contributed by atoms with Crippen LogP contribution in [0.2, 0.25) is 0 Å². The molecule has 4 nitrogen and oxygen atoms in total. The van der Waals surface area contributed by atoms with Crippen molar-refractivity contribution in [3.05, 3.63) is 34.0 Å². The molecule has 0 amide bonds. The molecular formula is C9H8IN3O. The fraction of sp³-hybridized carbons (Fsp3) is 0. The van der Waals surface area contributed by atoms with Crippen molar-refractivity contribution in [1.29, 1.82) is 0 Å². The Labute approximate surface area is 94.5 Å².